The SMILES string of the molecule is CS(=O)(=O)c1cccnc1Nc1cc(Nc2ccc3c(n2)CCC[C@@H]3N2CC3(COC3)C2)ncn1. The number of rotatable bonds is 6. The first-order valence-corrected chi connectivity index (χ1v) is 13.6. The van der Waals surface area contributed by atoms with Crippen molar-refractivity contribution in [1.29, 1.82) is 0 Å². The topological polar surface area (TPSA) is 122 Å². The fraction of sp³-hybridized carbons (Fsp3) is 0.417. The first kappa shape index (κ1) is 22.3. The number of sulfone groups is 1. The van der Waals surface area contributed by atoms with Crippen molar-refractivity contribution < 1.29 is 13.2 Å². The van der Waals surface area contributed by atoms with Crippen molar-refractivity contribution in [3.8, 4) is 0 Å². The van der Waals surface area contributed by atoms with Crippen LogP contribution in [-0.4, -0.2) is 65.8 Å². The second-order valence-corrected chi connectivity index (χ2v) is 11.7. The molecular weight excluding hydrogens is 466 g/mol. The smallest absolute Gasteiger partial charge is 0.179 e. The van der Waals surface area contributed by atoms with Crippen LogP contribution in [0.15, 0.2) is 47.8 Å². The van der Waals surface area contributed by atoms with Gasteiger partial charge in [-0.2, -0.15) is 0 Å². The number of pyridine rings is 2. The van der Waals surface area contributed by atoms with Crippen LogP contribution in [0.4, 0.5) is 23.3 Å². The number of fused-ring (bicyclic) bond motifs is 1. The van der Waals surface area contributed by atoms with E-state index in [4.69, 9.17) is 9.72 Å². The Balaban J connectivity index is 1.18. The number of ether oxygens (including phenoxy) is 1. The molecule has 1 atom stereocenters. The van der Waals surface area contributed by atoms with E-state index < -0.39 is 9.84 Å². The molecule has 1 aliphatic carbocycles. The summed E-state index contributed by atoms with van der Waals surface area (Å²) in [6.07, 6.45) is 7.35. The summed E-state index contributed by atoms with van der Waals surface area (Å²) < 4.78 is 29.6. The fourth-order valence-electron chi connectivity index (χ4n) is 5.22. The quantitative estimate of drug-likeness (QED) is 0.530. The molecule has 11 heteroatoms. The van der Waals surface area contributed by atoms with Gasteiger partial charge in [0.25, 0.3) is 0 Å². The Hall–Kier alpha value is -3.15. The van der Waals surface area contributed by atoms with Crippen LogP contribution in [0.5, 0.6) is 0 Å². The standard InChI is InChI=1S/C24H27N7O3S/c1-35(32,33)19-6-3-9-25-23(19)30-22-10-21(26-15-27-22)29-20-8-7-16-17(28-20)4-2-5-18(16)31-11-24(12-31)13-34-14-24/h3,6-10,15,18H,2,4-5,11-14H2,1H3,(H2,25,26,27,28,29,30)/t18-/m0/s1. The molecule has 0 saturated carbocycles. The van der Waals surface area contributed by atoms with Crippen molar-refractivity contribution in [1.82, 2.24) is 24.8 Å². The molecule has 5 heterocycles. The van der Waals surface area contributed by atoms with Crippen molar-refractivity contribution in [3.63, 3.8) is 0 Å². The lowest BCUT2D eigenvalue weighted by Crippen LogP contribution is -2.66. The van der Waals surface area contributed by atoms with Gasteiger partial charge in [-0.25, -0.2) is 28.4 Å². The summed E-state index contributed by atoms with van der Waals surface area (Å²) in [4.78, 5) is 20.2. The molecule has 0 aromatic carbocycles. The molecule has 0 amide bonds. The molecule has 182 valence electrons. The molecule has 2 N–H and O–H groups in total. The lowest BCUT2D eigenvalue weighted by Gasteiger charge is -2.58. The third kappa shape index (κ3) is 4.35. The largest absolute Gasteiger partial charge is 0.380 e. The zero-order chi connectivity index (χ0) is 24.0. The lowest BCUT2D eigenvalue weighted by molar-refractivity contribution is -0.200. The highest BCUT2D eigenvalue weighted by molar-refractivity contribution is 7.90. The summed E-state index contributed by atoms with van der Waals surface area (Å²) >= 11 is 0. The van der Waals surface area contributed by atoms with Crippen LogP contribution in [0.1, 0.15) is 30.1 Å². The summed E-state index contributed by atoms with van der Waals surface area (Å²) in [5.74, 6) is 1.92. The number of anilines is 4. The zero-order valence-corrected chi connectivity index (χ0v) is 20.3. The van der Waals surface area contributed by atoms with Gasteiger partial charge in [0.15, 0.2) is 9.84 Å². The van der Waals surface area contributed by atoms with Gasteiger partial charge < -0.3 is 15.4 Å². The van der Waals surface area contributed by atoms with E-state index >= 15 is 0 Å². The first-order valence-electron chi connectivity index (χ1n) is 11.7. The normalized spacial score (nSPS) is 21.0. The maximum atomic E-state index is 12.1. The monoisotopic (exact) mass is 493 g/mol. The average molecular weight is 494 g/mol. The summed E-state index contributed by atoms with van der Waals surface area (Å²) in [6, 6.07) is 9.41. The number of aryl methyl sites for hydroxylation is 1. The van der Waals surface area contributed by atoms with Gasteiger partial charge in [-0.1, -0.05) is 6.07 Å². The molecule has 2 saturated heterocycles. The Morgan fingerprint density at radius 1 is 1.06 bits per heavy atom. The van der Waals surface area contributed by atoms with Gasteiger partial charge in [-0.15, -0.1) is 0 Å². The molecule has 3 aromatic heterocycles. The molecule has 0 bridgehead atoms. The fourth-order valence-corrected chi connectivity index (χ4v) is 6.00. The van der Waals surface area contributed by atoms with E-state index in [1.807, 2.05) is 6.07 Å². The van der Waals surface area contributed by atoms with Gasteiger partial charge in [0.05, 0.1) is 13.2 Å². The molecule has 6 rings (SSSR count). The maximum Gasteiger partial charge on any atom is 0.179 e. The molecule has 10 nitrogen and oxygen atoms in total. The van der Waals surface area contributed by atoms with Gasteiger partial charge >= 0.3 is 0 Å². The lowest BCUT2D eigenvalue weighted by atomic mass is 9.75. The molecular formula is C24H27N7O3S. The van der Waals surface area contributed by atoms with Gasteiger partial charge in [0.2, 0.25) is 0 Å². The highest BCUT2D eigenvalue weighted by Crippen LogP contribution is 2.45. The molecule has 3 aromatic rings. The zero-order valence-electron chi connectivity index (χ0n) is 19.4. The molecule has 35 heavy (non-hydrogen) atoms. The number of hydrogen-bond donors (Lipinski definition) is 2. The van der Waals surface area contributed by atoms with E-state index in [9.17, 15) is 8.42 Å². The second-order valence-electron chi connectivity index (χ2n) is 9.70. The Labute approximate surface area is 204 Å². The molecule has 0 unspecified atom stereocenters. The number of nitrogens with zero attached hydrogens (tertiary/aromatic N) is 5. The highest BCUT2D eigenvalue weighted by Gasteiger charge is 2.51. The van der Waals surface area contributed by atoms with Crippen LogP contribution in [0.25, 0.3) is 0 Å². The van der Waals surface area contributed by atoms with Gasteiger partial charge in [-0.3, -0.25) is 4.90 Å². The van der Waals surface area contributed by atoms with Crippen LogP contribution in [0, 0.1) is 5.41 Å². The molecule has 3 aliphatic rings. The number of aromatic nitrogens is 4. The van der Waals surface area contributed by atoms with E-state index in [2.05, 4.69) is 36.6 Å². The van der Waals surface area contributed by atoms with Crippen molar-refractivity contribution in [2.24, 2.45) is 5.41 Å². The summed E-state index contributed by atoms with van der Waals surface area (Å²) in [6.45, 7) is 4.03. The van der Waals surface area contributed by atoms with Crippen LogP contribution < -0.4 is 10.6 Å². The first-order chi connectivity index (χ1) is 16.9. The number of likely N-dealkylation sites (tertiary alicyclic amines) is 1. The predicted octanol–water partition coefficient (Wildman–Crippen LogP) is 2.87. The minimum atomic E-state index is -3.44. The van der Waals surface area contributed by atoms with E-state index in [0.29, 0.717) is 23.1 Å². The highest BCUT2D eigenvalue weighted by atomic mass is 32.2. The van der Waals surface area contributed by atoms with Gasteiger partial charge in [-0.05, 0) is 43.0 Å². The Morgan fingerprint density at radius 2 is 1.86 bits per heavy atom. The van der Waals surface area contributed by atoms with Gasteiger partial charge in [0.1, 0.15) is 34.5 Å². The molecule has 2 fully saturated rings. The van der Waals surface area contributed by atoms with Crippen molar-refractivity contribution in [2.45, 2.75) is 30.2 Å². The Kier molecular flexibility index (Phi) is 5.42. The molecule has 0 radical (unpaired) electrons. The number of hydrogen-bond acceptors (Lipinski definition) is 10. The Morgan fingerprint density at radius 3 is 2.60 bits per heavy atom. The van der Waals surface area contributed by atoms with Crippen LogP contribution in [-0.2, 0) is 21.0 Å². The van der Waals surface area contributed by atoms with Gasteiger partial charge in [0, 0.05) is 48.8 Å². The summed E-state index contributed by atoms with van der Waals surface area (Å²) in [5, 5.41) is 6.24. The Bertz CT molecular complexity index is 1370. The van der Waals surface area contributed by atoms with Crippen molar-refractivity contribution >= 4 is 33.1 Å². The van der Waals surface area contributed by atoms with Crippen molar-refractivity contribution in [3.05, 3.63) is 54.1 Å². The minimum absolute atomic E-state index is 0.108. The van der Waals surface area contributed by atoms with Crippen LogP contribution in [0.2, 0.25) is 0 Å². The van der Waals surface area contributed by atoms with E-state index in [1.165, 1.54) is 30.6 Å². The third-order valence-corrected chi connectivity index (χ3v) is 8.06. The molecule has 1 spiro atoms. The van der Waals surface area contributed by atoms with Crippen molar-refractivity contribution in [2.75, 3.05) is 43.2 Å². The second kappa shape index (κ2) is 8.51. The minimum Gasteiger partial charge on any atom is -0.380 e. The summed E-state index contributed by atoms with van der Waals surface area (Å²) in [7, 11) is -3.44. The third-order valence-electron chi connectivity index (χ3n) is 6.93. The van der Waals surface area contributed by atoms with Crippen LogP contribution in [0.3, 0.4) is 0 Å². The van der Waals surface area contributed by atoms with Crippen LogP contribution >= 0.6 is 0 Å². The average Bonchev–Trinajstić information content (AvgIpc) is 2.77. The summed E-state index contributed by atoms with van der Waals surface area (Å²) in [5.41, 5.74) is 2.86. The van der Waals surface area contributed by atoms with E-state index in [0.717, 1.165) is 56.9 Å². The number of nitrogens with one attached hydrogen (secondary N) is 2. The van der Waals surface area contributed by atoms with E-state index in [1.54, 1.807) is 12.1 Å². The maximum absolute atomic E-state index is 12.1. The predicted molar refractivity (Wildman–Crippen MR) is 131 cm³/mol. The van der Waals surface area contributed by atoms with E-state index in [-0.39, 0.29) is 10.7 Å². The molecule has 2 aliphatic heterocycles.